The van der Waals surface area contributed by atoms with Gasteiger partial charge in [-0.15, -0.1) is 11.3 Å². The molecule has 4 rings (SSSR count). The van der Waals surface area contributed by atoms with Gasteiger partial charge in [0.05, 0.1) is 30.1 Å². The number of benzene rings is 2. The van der Waals surface area contributed by atoms with Crippen LogP contribution in [0.4, 0.5) is 15.8 Å². The molecule has 3 aromatic rings. The van der Waals surface area contributed by atoms with E-state index in [0.29, 0.717) is 52.6 Å². The number of rotatable bonds is 4. The van der Waals surface area contributed by atoms with Gasteiger partial charge in [0.2, 0.25) is 0 Å². The Bertz CT molecular complexity index is 1000. The normalized spacial score (nSPS) is 14.1. The number of amides is 1. The minimum Gasteiger partial charge on any atom is -0.378 e. The predicted molar refractivity (Wildman–Crippen MR) is 110 cm³/mol. The van der Waals surface area contributed by atoms with Crippen LogP contribution in [0.2, 0.25) is 5.02 Å². The number of morpholine rings is 1. The van der Waals surface area contributed by atoms with Crippen molar-refractivity contribution in [1.29, 1.82) is 0 Å². The van der Waals surface area contributed by atoms with Crippen molar-refractivity contribution in [2.75, 3.05) is 36.5 Å². The van der Waals surface area contributed by atoms with Gasteiger partial charge in [-0.3, -0.25) is 4.79 Å². The second-order valence-corrected chi connectivity index (χ2v) is 7.67. The number of carbonyl (C=O) groups excluding carboxylic acids is 1. The molecule has 1 aliphatic heterocycles. The van der Waals surface area contributed by atoms with Gasteiger partial charge in [-0.1, -0.05) is 29.8 Å². The largest absolute Gasteiger partial charge is 0.378 e. The summed E-state index contributed by atoms with van der Waals surface area (Å²) in [5, 5.41) is 3.95. The maximum absolute atomic E-state index is 14.5. The second-order valence-electron chi connectivity index (χ2n) is 6.23. The maximum atomic E-state index is 14.5. The summed E-state index contributed by atoms with van der Waals surface area (Å²) in [6.07, 6.45) is 1.50. The molecule has 1 N–H and O–H groups in total. The summed E-state index contributed by atoms with van der Waals surface area (Å²) in [6, 6.07) is 12.0. The number of hydrogen-bond acceptors (Lipinski definition) is 5. The van der Waals surface area contributed by atoms with Gasteiger partial charge in [0.25, 0.3) is 5.91 Å². The number of nitrogens with zero attached hydrogens (tertiary/aromatic N) is 2. The van der Waals surface area contributed by atoms with Crippen LogP contribution in [0.15, 0.2) is 48.7 Å². The van der Waals surface area contributed by atoms with Crippen LogP contribution in [0.3, 0.4) is 0 Å². The fraction of sp³-hybridized carbons (Fsp3) is 0.200. The molecule has 2 aromatic carbocycles. The fourth-order valence-corrected chi connectivity index (χ4v) is 4.11. The van der Waals surface area contributed by atoms with Crippen LogP contribution in [-0.2, 0) is 4.74 Å². The first-order valence-corrected chi connectivity index (χ1v) is 9.95. The monoisotopic (exact) mass is 417 g/mol. The standard InChI is InChI=1S/C20H17ClFN3O2S/c21-15-4-2-1-3-14(15)20-23-12-18(28-20)19(26)24-13-5-6-17(16(22)11-13)25-7-9-27-10-8-25/h1-6,11-12H,7-10H2,(H,24,26). The molecular weight excluding hydrogens is 401 g/mol. The Labute approximate surface area is 170 Å². The number of anilines is 2. The number of hydrogen-bond donors (Lipinski definition) is 1. The summed E-state index contributed by atoms with van der Waals surface area (Å²) in [4.78, 5) is 19.2. The highest BCUT2D eigenvalue weighted by Crippen LogP contribution is 2.31. The van der Waals surface area contributed by atoms with Crippen molar-refractivity contribution in [1.82, 2.24) is 4.98 Å². The maximum Gasteiger partial charge on any atom is 0.267 e. The average molecular weight is 418 g/mol. The molecule has 1 amide bonds. The number of halogens is 2. The Balaban J connectivity index is 1.48. The SMILES string of the molecule is O=C(Nc1ccc(N2CCOCC2)c(F)c1)c1cnc(-c2ccccc2Cl)s1. The quantitative estimate of drug-likeness (QED) is 0.669. The molecular formula is C20H17ClFN3O2S. The van der Waals surface area contributed by atoms with Crippen LogP contribution in [0.25, 0.3) is 10.6 Å². The highest BCUT2D eigenvalue weighted by atomic mass is 35.5. The van der Waals surface area contributed by atoms with Crippen molar-refractivity contribution in [2.24, 2.45) is 0 Å². The molecule has 1 aromatic heterocycles. The Morgan fingerprint density at radius 1 is 1.21 bits per heavy atom. The van der Waals surface area contributed by atoms with E-state index >= 15 is 0 Å². The summed E-state index contributed by atoms with van der Waals surface area (Å²) in [5.74, 6) is -0.713. The van der Waals surface area contributed by atoms with Crippen LogP contribution >= 0.6 is 22.9 Å². The summed E-state index contributed by atoms with van der Waals surface area (Å²) in [7, 11) is 0. The van der Waals surface area contributed by atoms with E-state index in [2.05, 4.69) is 10.3 Å². The lowest BCUT2D eigenvalue weighted by molar-refractivity contribution is 0.103. The molecule has 2 heterocycles. The molecule has 0 saturated carbocycles. The van der Waals surface area contributed by atoms with E-state index in [1.54, 1.807) is 18.2 Å². The average Bonchev–Trinajstić information content (AvgIpc) is 3.19. The third-order valence-corrected chi connectivity index (χ3v) is 5.75. The number of carbonyl (C=O) groups is 1. The highest BCUT2D eigenvalue weighted by Gasteiger charge is 2.17. The lowest BCUT2D eigenvalue weighted by atomic mass is 10.2. The van der Waals surface area contributed by atoms with E-state index in [9.17, 15) is 9.18 Å². The van der Waals surface area contributed by atoms with Crippen molar-refractivity contribution < 1.29 is 13.9 Å². The molecule has 0 bridgehead atoms. The van der Waals surface area contributed by atoms with Crippen LogP contribution in [0, 0.1) is 5.82 Å². The lowest BCUT2D eigenvalue weighted by Crippen LogP contribution is -2.36. The van der Waals surface area contributed by atoms with E-state index in [-0.39, 0.29) is 11.7 Å². The second kappa shape index (κ2) is 8.26. The number of ether oxygens (including phenoxy) is 1. The molecule has 144 valence electrons. The summed E-state index contributed by atoms with van der Waals surface area (Å²) >= 11 is 7.42. The topological polar surface area (TPSA) is 54.5 Å². The zero-order valence-corrected chi connectivity index (χ0v) is 16.4. The zero-order valence-electron chi connectivity index (χ0n) is 14.8. The first-order chi connectivity index (χ1) is 13.6. The number of nitrogens with one attached hydrogen (secondary N) is 1. The first-order valence-electron chi connectivity index (χ1n) is 8.76. The summed E-state index contributed by atoms with van der Waals surface area (Å²) in [5.41, 5.74) is 1.68. The molecule has 0 radical (unpaired) electrons. The van der Waals surface area contributed by atoms with Gasteiger partial charge in [-0.2, -0.15) is 0 Å². The van der Waals surface area contributed by atoms with E-state index < -0.39 is 0 Å². The van der Waals surface area contributed by atoms with Crippen molar-refractivity contribution in [2.45, 2.75) is 0 Å². The third-order valence-electron chi connectivity index (χ3n) is 4.39. The minimum atomic E-state index is -0.374. The van der Waals surface area contributed by atoms with Gasteiger partial charge in [0.1, 0.15) is 15.7 Å². The molecule has 8 heteroatoms. The van der Waals surface area contributed by atoms with E-state index in [1.807, 2.05) is 23.1 Å². The van der Waals surface area contributed by atoms with E-state index in [0.717, 1.165) is 5.56 Å². The molecule has 1 aliphatic rings. The molecule has 0 unspecified atom stereocenters. The molecule has 0 spiro atoms. The Morgan fingerprint density at radius 2 is 2.00 bits per heavy atom. The van der Waals surface area contributed by atoms with E-state index in [4.69, 9.17) is 16.3 Å². The molecule has 0 aliphatic carbocycles. The Hall–Kier alpha value is -2.48. The van der Waals surface area contributed by atoms with Gasteiger partial charge in [-0.25, -0.2) is 9.37 Å². The van der Waals surface area contributed by atoms with Crippen molar-refractivity contribution in [3.63, 3.8) is 0 Å². The third kappa shape index (κ3) is 4.01. The lowest BCUT2D eigenvalue weighted by Gasteiger charge is -2.29. The predicted octanol–water partition coefficient (Wildman–Crippen LogP) is 4.69. The van der Waals surface area contributed by atoms with Gasteiger partial charge in [-0.05, 0) is 24.3 Å². The van der Waals surface area contributed by atoms with Crippen LogP contribution in [0.1, 0.15) is 9.67 Å². The van der Waals surface area contributed by atoms with Gasteiger partial charge in [0, 0.05) is 24.3 Å². The van der Waals surface area contributed by atoms with Crippen LogP contribution < -0.4 is 10.2 Å². The van der Waals surface area contributed by atoms with Crippen LogP contribution in [0.5, 0.6) is 0 Å². The highest BCUT2D eigenvalue weighted by molar-refractivity contribution is 7.17. The first kappa shape index (κ1) is 18.9. The van der Waals surface area contributed by atoms with Gasteiger partial charge >= 0.3 is 0 Å². The summed E-state index contributed by atoms with van der Waals surface area (Å²) < 4.78 is 19.8. The molecule has 28 heavy (non-hydrogen) atoms. The summed E-state index contributed by atoms with van der Waals surface area (Å²) in [6.45, 7) is 2.46. The van der Waals surface area contributed by atoms with E-state index in [1.165, 1.54) is 23.6 Å². The van der Waals surface area contributed by atoms with Crippen LogP contribution in [-0.4, -0.2) is 37.2 Å². The molecule has 5 nitrogen and oxygen atoms in total. The van der Waals surface area contributed by atoms with Crippen molar-refractivity contribution in [3.05, 3.63) is 64.4 Å². The Kier molecular flexibility index (Phi) is 5.57. The Morgan fingerprint density at radius 3 is 2.75 bits per heavy atom. The number of thiazole rings is 1. The van der Waals surface area contributed by atoms with Crippen molar-refractivity contribution in [3.8, 4) is 10.6 Å². The van der Waals surface area contributed by atoms with Gasteiger partial charge < -0.3 is 15.0 Å². The molecule has 1 fully saturated rings. The fourth-order valence-electron chi connectivity index (χ4n) is 2.98. The smallest absolute Gasteiger partial charge is 0.267 e. The number of aromatic nitrogens is 1. The van der Waals surface area contributed by atoms with Gasteiger partial charge in [0.15, 0.2) is 0 Å². The zero-order chi connectivity index (χ0) is 19.5. The molecule has 0 atom stereocenters. The minimum absolute atomic E-state index is 0.339. The van der Waals surface area contributed by atoms with Crippen molar-refractivity contribution >= 4 is 40.2 Å². The molecule has 1 saturated heterocycles.